The summed E-state index contributed by atoms with van der Waals surface area (Å²) in [6.45, 7) is 0. The number of carbonyl (C=O) groups is 1. The van der Waals surface area contributed by atoms with Crippen molar-refractivity contribution in [1.29, 1.82) is 0 Å². The van der Waals surface area contributed by atoms with E-state index >= 15 is 0 Å². The number of fused-ring (bicyclic) bond motifs is 1. The Kier molecular flexibility index (Phi) is 7.03. The van der Waals surface area contributed by atoms with Crippen LogP contribution in [-0.2, 0) is 14.6 Å². The Morgan fingerprint density at radius 2 is 1.78 bits per heavy atom. The molecule has 0 saturated heterocycles. The van der Waals surface area contributed by atoms with Crippen LogP contribution in [0.15, 0.2) is 77.1 Å². The third-order valence-corrected chi connectivity index (χ3v) is 8.83. The highest BCUT2D eigenvalue weighted by molar-refractivity contribution is 7.90. The van der Waals surface area contributed by atoms with Gasteiger partial charge in [-0.3, -0.25) is 0 Å². The molecule has 1 heterocycles. The Morgan fingerprint density at radius 1 is 1.05 bits per heavy atom. The zero-order valence-electron chi connectivity index (χ0n) is 20.0. The molecule has 188 valence electrons. The highest BCUT2D eigenvalue weighted by atomic mass is 35.5. The Bertz CT molecular complexity index is 1660. The summed E-state index contributed by atoms with van der Waals surface area (Å²) >= 11 is 7.83. The highest BCUT2D eigenvalue weighted by Crippen LogP contribution is 2.47. The Labute approximate surface area is 224 Å². The average Bonchev–Trinajstić information content (AvgIpc) is 3.29. The molecule has 8 heteroatoms. The quantitative estimate of drug-likeness (QED) is 0.194. The van der Waals surface area contributed by atoms with E-state index in [9.17, 15) is 13.2 Å². The standard InChI is InChI=1S/C29H24ClNO4S2/c1-37(34,35)26-16-22(30)11-12-23(26)29(19-3-2-4-19)28(21-10-13-25-24(15-21)31-17-36-25)20-8-5-18(6-9-20)7-14-27(32)33/h5-17,19H,2-4H2,1H3,(H,32,33)/b14-7+,29-28+. The van der Waals surface area contributed by atoms with E-state index in [4.69, 9.17) is 16.7 Å². The molecule has 1 saturated carbocycles. The third kappa shape index (κ3) is 5.39. The number of nitrogens with zero attached hydrogens (tertiary/aromatic N) is 1. The molecule has 0 aliphatic heterocycles. The van der Waals surface area contributed by atoms with Gasteiger partial charge in [0.25, 0.3) is 0 Å². The first-order valence-electron chi connectivity index (χ1n) is 11.8. The molecule has 1 aliphatic carbocycles. The molecule has 1 aromatic heterocycles. The second-order valence-electron chi connectivity index (χ2n) is 9.16. The van der Waals surface area contributed by atoms with Crippen LogP contribution >= 0.6 is 22.9 Å². The highest BCUT2D eigenvalue weighted by Gasteiger charge is 2.30. The van der Waals surface area contributed by atoms with Crippen LogP contribution in [0.3, 0.4) is 0 Å². The first-order chi connectivity index (χ1) is 17.7. The summed E-state index contributed by atoms with van der Waals surface area (Å²) in [4.78, 5) is 15.7. The molecule has 0 spiro atoms. The van der Waals surface area contributed by atoms with Gasteiger partial charge >= 0.3 is 5.97 Å². The van der Waals surface area contributed by atoms with E-state index in [-0.39, 0.29) is 10.8 Å². The van der Waals surface area contributed by atoms with Crippen molar-refractivity contribution in [3.8, 4) is 0 Å². The van der Waals surface area contributed by atoms with Crippen LogP contribution in [0.2, 0.25) is 5.02 Å². The van der Waals surface area contributed by atoms with Gasteiger partial charge in [0, 0.05) is 17.4 Å². The lowest BCUT2D eigenvalue weighted by atomic mass is 9.73. The number of allylic oxidation sites excluding steroid dienone is 1. The number of carboxylic acid groups (broad SMARTS) is 1. The number of thiazole rings is 1. The van der Waals surface area contributed by atoms with Gasteiger partial charge in [-0.15, -0.1) is 11.3 Å². The molecule has 1 N–H and O–H groups in total. The lowest BCUT2D eigenvalue weighted by molar-refractivity contribution is -0.131. The second kappa shape index (κ2) is 10.2. The summed E-state index contributed by atoms with van der Waals surface area (Å²) in [5.74, 6) is -0.820. The van der Waals surface area contributed by atoms with Gasteiger partial charge in [-0.05, 0) is 82.5 Å². The monoisotopic (exact) mass is 549 g/mol. The second-order valence-corrected chi connectivity index (χ2v) is 12.5. The Balaban J connectivity index is 1.81. The largest absolute Gasteiger partial charge is 0.478 e. The molecule has 0 unspecified atom stereocenters. The van der Waals surface area contributed by atoms with Gasteiger partial charge in [-0.25, -0.2) is 18.2 Å². The van der Waals surface area contributed by atoms with Crippen molar-refractivity contribution < 1.29 is 18.3 Å². The number of rotatable bonds is 7. The number of aromatic nitrogens is 1. The van der Waals surface area contributed by atoms with Crippen LogP contribution < -0.4 is 0 Å². The summed E-state index contributed by atoms with van der Waals surface area (Å²) in [5.41, 5.74) is 7.91. The van der Waals surface area contributed by atoms with Crippen LogP contribution in [0, 0.1) is 5.92 Å². The summed E-state index contributed by atoms with van der Waals surface area (Å²) in [5, 5.41) is 9.35. The fraction of sp³-hybridized carbons (Fsp3) is 0.172. The van der Waals surface area contributed by atoms with Crippen LogP contribution in [0.5, 0.6) is 0 Å². The topological polar surface area (TPSA) is 84.3 Å². The third-order valence-electron chi connectivity index (χ3n) is 6.65. The van der Waals surface area contributed by atoms with Gasteiger partial charge in [0.2, 0.25) is 0 Å². The van der Waals surface area contributed by atoms with E-state index < -0.39 is 15.8 Å². The van der Waals surface area contributed by atoms with E-state index in [2.05, 4.69) is 11.1 Å². The smallest absolute Gasteiger partial charge is 0.328 e. The molecule has 5 nitrogen and oxygen atoms in total. The van der Waals surface area contributed by atoms with Crippen molar-refractivity contribution in [3.63, 3.8) is 0 Å². The molecule has 4 aromatic rings. The Morgan fingerprint density at radius 3 is 2.43 bits per heavy atom. The van der Waals surface area contributed by atoms with Crippen molar-refractivity contribution in [2.24, 2.45) is 5.92 Å². The first kappa shape index (κ1) is 25.4. The van der Waals surface area contributed by atoms with Crippen LogP contribution in [0.1, 0.15) is 41.5 Å². The zero-order valence-corrected chi connectivity index (χ0v) is 22.4. The molecule has 37 heavy (non-hydrogen) atoms. The van der Waals surface area contributed by atoms with Crippen molar-refractivity contribution in [1.82, 2.24) is 4.98 Å². The maximum atomic E-state index is 12.9. The average molecular weight is 550 g/mol. The predicted octanol–water partition coefficient (Wildman–Crippen LogP) is 7.21. The van der Waals surface area contributed by atoms with E-state index in [1.165, 1.54) is 12.3 Å². The fourth-order valence-corrected chi connectivity index (χ4v) is 6.51. The molecule has 0 amide bonds. The van der Waals surface area contributed by atoms with Gasteiger partial charge in [0.1, 0.15) is 0 Å². The molecule has 0 radical (unpaired) electrons. The lowest BCUT2D eigenvalue weighted by Gasteiger charge is -2.32. The molecule has 0 atom stereocenters. The van der Waals surface area contributed by atoms with Gasteiger partial charge in [0.15, 0.2) is 9.84 Å². The minimum atomic E-state index is -3.56. The fourth-order valence-electron chi connectivity index (χ4n) is 4.70. The zero-order chi connectivity index (χ0) is 26.2. The molecule has 5 rings (SSSR count). The summed E-state index contributed by atoms with van der Waals surface area (Å²) in [6, 6.07) is 18.9. The van der Waals surface area contributed by atoms with Crippen molar-refractivity contribution in [2.45, 2.75) is 24.2 Å². The Hall–Kier alpha value is -3.26. The minimum absolute atomic E-state index is 0.189. The van der Waals surface area contributed by atoms with E-state index in [0.29, 0.717) is 10.6 Å². The first-order valence-corrected chi connectivity index (χ1v) is 14.9. The number of hydrogen-bond donors (Lipinski definition) is 1. The predicted molar refractivity (Wildman–Crippen MR) is 151 cm³/mol. The lowest BCUT2D eigenvalue weighted by Crippen LogP contribution is -2.17. The van der Waals surface area contributed by atoms with Crippen molar-refractivity contribution in [3.05, 3.63) is 99.5 Å². The van der Waals surface area contributed by atoms with Gasteiger partial charge in [-0.2, -0.15) is 0 Å². The van der Waals surface area contributed by atoms with Crippen molar-refractivity contribution in [2.75, 3.05) is 6.26 Å². The number of hydrogen-bond acceptors (Lipinski definition) is 5. The SMILES string of the molecule is CS(=O)(=O)c1cc(Cl)ccc1/C(=C(\c1ccc(/C=C/C(=O)O)cc1)c1ccc2scnc2c1)C1CCC1. The molecular weight excluding hydrogens is 526 g/mol. The van der Waals surface area contributed by atoms with Crippen LogP contribution in [0.25, 0.3) is 27.4 Å². The maximum Gasteiger partial charge on any atom is 0.328 e. The minimum Gasteiger partial charge on any atom is -0.478 e. The molecule has 0 bridgehead atoms. The summed E-state index contributed by atoms with van der Waals surface area (Å²) in [7, 11) is -3.56. The number of benzene rings is 3. The van der Waals surface area contributed by atoms with E-state index in [0.717, 1.165) is 63.4 Å². The van der Waals surface area contributed by atoms with Gasteiger partial charge in [-0.1, -0.05) is 54.4 Å². The van der Waals surface area contributed by atoms with E-state index in [1.807, 2.05) is 48.0 Å². The normalized spacial score (nSPS) is 15.1. The molecule has 3 aromatic carbocycles. The van der Waals surface area contributed by atoms with Crippen LogP contribution in [0.4, 0.5) is 0 Å². The number of aliphatic carboxylic acids is 1. The number of sulfone groups is 1. The van der Waals surface area contributed by atoms with Gasteiger partial charge < -0.3 is 5.11 Å². The molecular formula is C29H24ClNO4S2. The maximum absolute atomic E-state index is 12.9. The summed E-state index contributed by atoms with van der Waals surface area (Å²) < 4.78 is 26.9. The van der Waals surface area contributed by atoms with E-state index in [1.54, 1.807) is 23.5 Å². The van der Waals surface area contributed by atoms with Gasteiger partial charge in [0.05, 0.1) is 20.6 Å². The van der Waals surface area contributed by atoms with Crippen molar-refractivity contribution >= 4 is 66.2 Å². The number of carboxylic acids is 1. The summed E-state index contributed by atoms with van der Waals surface area (Å²) in [6.07, 6.45) is 6.86. The number of halogens is 1. The molecule has 1 aliphatic rings. The van der Waals surface area contributed by atoms with Crippen LogP contribution in [-0.4, -0.2) is 30.7 Å². The molecule has 1 fully saturated rings.